The second kappa shape index (κ2) is 6.49. The van der Waals surface area contributed by atoms with Gasteiger partial charge in [0.1, 0.15) is 0 Å². The van der Waals surface area contributed by atoms with Gasteiger partial charge in [-0.05, 0) is 17.7 Å². The van der Waals surface area contributed by atoms with Crippen LogP contribution in [0.5, 0.6) is 0 Å². The number of pyridine rings is 1. The summed E-state index contributed by atoms with van der Waals surface area (Å²) in [5.41, 5.74) is 5.71. The average molecular weight is 334 g/mol. The van der Waals surface area contributed by atoms with Gasteiger partial charge < -0.3 is 10.3 Å². The summed E-state index contributed by atoms with van der Waals surface area (Å²) in [5, 5.41) is 26.8. The standard InChI is InChI=1S/C19H18N4O2/c24-10-9-23-12-17(19(21-23)13-5-7-20-8-6-13)16-11-18(22-25)15-4-2-1-3-14(15)16/h1-8,12,16,24-25H,9-11H2. The minimum Gasteiger partial charge on any atom is -0.411 e. The average Bonchev–Trinajstić information content (AvgIpc) is 3.24. The Kier molecular flexibility index (Phi) is 4.03. The number of aliphatic hydroxyl groups excluding tert-OH is 1. The van der Waals surface area contributed by atoms with Crippen LogP contribution in [0.1, 0.15) is 29.0 Å². The second-order valence-corrected chi connectivity index (χ2v) is 6.05. The summed E-state index contributed by atoms with van der Waals surface area (Å²) in [5.74, 6) is 0.0673. The highest BCUT2D eigenvalue weighted by Gasteiger charge is 2.32. The summed E-state index contributed by atoms with van der Waals surface area (Å²) in [6.07, 6.45) is 6.09. The van der Waals surface area contributed by atoms with Crippen LogP contribution in [0.2, 0.25) is 0 Å². The number of aromatic nitrogens is 3. The molecule has 1 atom stereocenters. The molecule has 0 bridgehead atoms. The minimum absolute atomic E-state index is 0.0293. The van der Waals surface area contributed by atoms with E-state index in [1.807, 2.05) is 36.5 Å². The molecule has 1 aliphatic carbocycles. The molecular formula is C19H18N4O2. The number of rotatable bonds is 4. The normalized spacial score (nSPS) is 17.8. The zero-order chi connectivity index (χ0) is 17.2. The molecule has 3 aromatic rings. The third-order valence-electron chi connectivity index (χ3n) is 4.61. The van der Waals surface area contributed by atoms with E-state index in [0.29, 0.717) is 18.7 Å². The molecule has 0 saturated heterocycles. The van der Waals surface area contributed by atoms with Crippen LogP contribution in [-0.2, 0) is 6.54 Å². The van der Waals surface area contributed by atoms with Crippen LogP contribution >= 0.6 is 0 Å². The van der Waals surface area contributed by atoms with Gasteiger partial charge in [0.05, 0.1) is 24.6 Å². The highest BCUT2D eigenvalue weighted by molar-refractivity contribution is 6.05. The van der Waals surface area contributed by atoms with E-state index < -0.39 is 0 Å². The Balaban J connectivity index is 1.86. The summed E-state index contributed by atoms with van der Waals surface area (Å²) < 4.78 is 1.77. The number of benzene rings is 1. The van der Waals surface area contributed by atoms with E-state index in [1.54, 1.807) is 17.1 Å². The Labute approximate surface area is 145 Å². The van der Waals surface area contributed by atoms with Crippen molar-refractivity contribution in [1.82, 2.24) is 14.8 Å². The lowest BCUT2D eigenvalue weighted by Crippen LogP contribution is -2.02. The van der Waals surface area contributed by atoms with E-state index in [0.717, 1.165) is 27.9 Å². The molecule has 4 rings (SSSR count). The molecular weight excluding hydrogens is 316 g/mol. The predicted molar refractivity (Wildman–Crippen MR) is 93.8 cm³/mol. The number of aliphatic hydroxyl groups is 1. The molecule has 6 heteroatoms. The third-order valence-corrected chi connectivity index (χ3v) is 4.61. The highest BCUT2D eigenvalue weighted by Crippen LogP contribution is 2.41. The molecule has 1 aromatic carbocycles. The topological polar surface area (TPSA) is 83.5 Å². The van der Waals surface area contributed by atoms with E-state index >= 15 is 0 Å². The van der Waals surface area contributed by atoms with Crippen molar-refractivity contribution in [3.05, 3.63) is 71.7 Å². The van der Waals surface area contributed by atoms with E-state index in [4.69, 9.17) is 0 Å². The number of nitrogens with zero attached hydrogens (tertiary/aromatic N) is 4. The molecule has 6 nitrogen and oxygen atoms in total. The van der Waals surface area contributed by atoms with Crippen LogP contribution < -0.4 is 0 Å². The number of oxime groups is 1. The van der Waals surface area contributed by atoms with Gasteiger partial charge in [0.2, 0.25) is 0 Å². The van der Waals surface area contributed by atoms with E-state index in [9.17, 15) is 10.3 Å². The van der Waals surface area contributed by atoms with Crippen LogP contribution in [0.3, 0.4) is 0 Å². The van der Waals surface area contributed by atoms with Crippen molar-refractivity contribution in [2.24, 2.45) is 5.16 Å². The zero-order valence-electron chi connectivity index (χ0n) is 13.6. The second-order valence-electron chi connectivity index (χ2n) is 6.05. The van der Waals surface area contributed by atoms with Gasteiger partial charge in [-0.1, -0.05) is 29.4 Å². The first-order valence-corrected chi connectivity index (χ1v) is 8.20. The van der Waals surface area contributed by atoms with Crippen molar-refractivity contribution in [1.29, 1.82) is 0 Å². The molecule has 0 fully saturated rings. The van der Waals surface area contributed by atoms with Crippen LogP contribution in [0.4, 0.5) is 0 Å². The van der Waals surface area contributed by atoms with Crippen molar-refractivity contribution in [2.45, 2.75) is 18.9 Å². The fourth-order valence-corrected chi connectivity index (χ4v) is 3.49. The van der Waals surface area contributed by atoms with Crippen molar-refractivity contribution in [3.63, 3.8) is 0 Å². The molecule has 0 radical (unpaired) electrons. The van der Waals surface area contributed by atoms with Crippen molar-refractivity contribution < 1.29 is 10.3 Å². The predicted octanol–water partition coefficient (Wildman–Crippen LogP) is 2.65. The van der Waals surface area contributed by atoms with Gasteiger partial charge in [-0.3, -0.25) is 9.67 Å². The molecule has 25 heavy (non-hydrogen) atoms. The van der Waals surface area contributed by atoms with Crippen LogP contribution in [-0.4, -0.2) is 37.4 Å². The number of fused-ring (bicyclic) bond motifs is 1. The van der Waals surface area contributed by atoms with Crippen LogP contribution in [0.15, 0.2) is 60.1 Å². The first kappa shape index (κ1) is 15.5. The maximum atomic E-state index is 9.38. The van der Waals surface area contributed by atoms with E-state index in [-0.39, 0.29) is 12.5 Å². The van der Waals surface area contributed by atoms with Gasteiger partial charge in [0.25, 0.3) is 0 Å². The van der Waals surface area contributed by atoms with Gasteiger partial charge >= 0.3 is 0 Å². The Morgan fingerprint density at radius 3 is 2.68 bits per heavy atom. The number of hydrogen-bond donors (Lipinski definition) is 2. The summed E-state index contributed by atoms with van der Waals surface area (Å²) in [4.78, 5) is 4.08. The quantitative estimate of drug-likeness (QED) is 0.567. The molecule has 0 aliphatic heterocycles. The molecule has 1 aliphatic rings. The van der Waals surface area contributed by atoms with Gasteiger partial charge in [-0.25, -0.2) is 0 Å². The molecule has 126 valence electrons. The molecule has 2 N–H and O–H groups in total. The SMILES string of the molecule is OCCn1cc(C2CC(=NO)c3ccccc32)c(-c2ccncc2)n1. The zero-order valence-corrected chi connectivity index (χ0v) is 13.6. The molecule has 2 heterocycles. The summed E-state index contributed by atoms with van der Waals surface area (Å²) in [6, 6.07) is 11.8. The molecule has 1 unspecified atom stereocenters. The van der Waals surface area contributed by atoms with Crippen molar-refractivity contribution in [2.75, 3.05) is 6.61 Å². The lowest BCUT2D eigenvalue weighted by atomic mass is 9.91. The molecule has 0 amide bonds. The smallest absolute Gasteiger partial charge is 0.0962 e. The Morgan fingerprint density at radius 1 is 1.12 bits per heavy atom. The lowest BCUT2D eigenvalue weighted by molar-refractivity contribution is 0.269. The summed E-state index contributed by atoms with van der Waals surface area (Å²) in [7, 11) is 0. The minimum atomic E-state index is 0.0293. The fraction of sp³-hybridized carbons (Fsp3) is 0.211. The largest absolute Gasteiger partial charge is 0.411 e. The fourth-order valence-electron chi connectivity index (χ4n) is 3.49. The van der Waals surface area contributed by atoms with Crippen molar-refractivity contribution >= 4 is 5.71 Å². The maximum Gasteiger partial charge on any atom is 0.0962 e. The first-order valence-electron chi connectivity index (χ1n) is 8.20. The van der Waals surface area contributed by atoms with Crippen LogP contribution in [0, 0.1) is 0 Å². The number of hydrogen-bond acceptors (Lipinski definition) is 5. The Morgan fingerprint density at radius 2 is 1.92 bits per heavy atom. The van der Waals surface area contributed by atoms with Gasteiger partial charge in [-0.15, -0.1) is 0 Å². The van der Waals surface area contributed by atoms with E-state index in [1.165, 1.54) is 0 Å². The van der Waals surface area contributed by atoms with Gasteiger partial charge in [0, 0.05) is 47.6 Å². The Hall–Kier alpha value is -2.99. The molecule has 2 aromatic heterocycles. The Bertz CT molecular complexity index is 918. The highest BCUT2D eigenvalue weighted by atomic mass is 16.4. The van der Waals surface area contributed by atoms with Crippen LogP contribution in [0.25, 0.3) is 11.3 Å². The maximum absolute atomic E-state index is 9.38. The lowest BCUT2D eigenvalue weighted by Gasteiger charge is -2.11. The summed E-state index contributed by atoms with van der Waals surface area (Å²) in [6.45, 7) is 0.467. The third kappa shape index (κ3) is 2.70. The van der Waals surface area contributed by atoms with Crippen molar-refractivity contribution in [3.8, 4) is 11.3 Å². The molecule has 0 saturated carbocycles. The first-order chi connectivity index (χ1) is 12.3. The summed E-state index contributed by atoms with van der Waals surface area (Å²) >= 11 is 0. The van der Waals surface area contributed by atoms with Gasteiger partial charge in [-0.2, -0.15) is 5.10 Å². The van der Waals surface area contributed by atoms with E-state index in [2.05, 4.69) is 21.3 Å². The molecule has 0 spiro atoms. The monoisotopic (exact) mass is 334 g/mol. The van der Waals surface area contributed by atoms with Gasteiger partial charge in [0.15, 0.2) is 0 Å².